The lowest BCUT2D eigenvalue weighted by Gasteiger charge is -2.41. The van der Waals surface area contributed by atoms with Crippen molar-refractivity contribution >= 4 is 5.97 Å². The van der Waals surface area contributed by atoms with Gasteiger partial charge in [0.1, 0.15) is 5.41 Å². The van der Waals surface area contributed by atoms with Gasteiger partial charge in [-0.1, -0.05) is 30.3 Å². The molecule has 0 amide bonds. The Hall–Kier alpha value is -2.14. The zero-order chi connectivity index (χ0) is 14.2. The maximum atomic E-state index is 11.5. The molecule has 0 spiro atoms. The SMILES string of the molecule is O=C(O)C1(c2cnn(Cc3ccccc3)c2)CC(O)C1. The highest BCUT2D eigenvalue weighted by molar-refractivity contribution is 5.82. The lowest BCUT2D eigenvalue weighted by atomic mass is 9.63. The van der Waals surface area contributed by atoms with Crippen LogP contribution in [0, 0.1) is 0 Å². The van der Waals surface area contributed by atoms with Crippen molar-refractivity contribution in [3.63, 3.8) is 0 Å². The molecule has 0 atom stereocenters. The first-order chi connectivity index (χ1) is 9.60. The van der Waals surface area contributed by atoms with E-state index >= 15 is 0 Å². The van der Waals surface area contributed by atoms with Gasteiger partial charge in [0.25, 0.3) is 0 Å². The Kier molecular flexibility index (Phi) is 3.06. The van der Waals surface area contributed by atoms with Gasteiger partial charge in [0.15, 0.2) is 0 Å². The summed E-state index contributed by atoms with van der Waals surface area (Å²) in [5, 5.41) is 23.1. The number of carboxylic acid groups (broad SMARTS) is 1. The number of aliphatic carboxylic acids is 1. The Bertz CT molecular complexity index is 615. The van der Waals surface area contributed by atoms with Crippen molar-refractivity contribution in [3.8, 4) is 0 Å². The Morgan fingerprint density at radius 2 is 2.05 bits per heavy atom. The number of carbonyl (C=O) groups is 1. The number of aromatic nitrogens is 2. The van der Waals surface area contributed by atoms with Gasteiger partial charge in [-0.25, -0.2) is 0 Å². The molecular formula is C15H16N2O3. The monoisotopic (exact) mass is 272 g/mol. The van der Waals surface area contributed by atoms with E-state index in [1.54, 1.807) is 17.1 Å². The quantitative estimate of drug-likeness (QED) is 0.882. The minimum atomic E-state index is -0.964. The normalized spacial score (nSPS) is 25.1. The fourth-order valence-electron chi connectivity index (χ4n) is 2.75. The predicted octanol–water partition coefficient (Wildman–Crippen LogP) is 1.41. The minimum absolute atomic E-state index is 0.263. The highest BCUT2D eigenvalue weighted by Gasteiger charge is 2.52. The largest absolute Gasteiger partial charge is 0.481 e. The molecule has 2 N–H and O–H groups in total. The van der Waals surface area contributed by atoms with Crippen LogP contribution in [0.1, 0.15) is 24.0 Å². The molecule has 0 aliphatic heterocycles. The van der Waals surface area contributed by atoms with Crippen LogP contribution in [-0.4, -0.2) is 32.1 Å². The van der Waals surface area contributed by atoms with Crippen LogP contribution in [0.15, 0.2) is 42.7 Å². The van der Waals surface area contributed by atoms with Gasteiger partial charge in [-0.05, 0) is 18.4 Å². The standard InChI is InChI=1S/C15H16N2O3/c18-13-6-15(7-13,14(19)20)12-8-16-17(10-12)9-11-4-2-1-3-5-11/h1-5,8,10,13,18H,6-7,9H2,(H,19,20). The summed E-state index contributed by atoms with van der Waals surface area (Å²) in [5.74, 6) is -0.887. The van der Waals surface area contributed by atoms with E-state index in [4.69, 9.17) is 0 Å². The average molecular weight is 272 g/mol. The third-order valence-electron chi connectivity index (χ3n) is 3.95. The maximum Gasteiger partial charge on any atom is 0.314 e. The maximum absolute atomic E-state index is 11.5. The number of hydrogen-bond acceptors (Lipinski definition) is 3. The molecule has 2 aromatic rings. The Morgan fingerprint density at radius 3 is 2.65 bits per heavy atom. The van der Waals surface area contributed by atoms with Crippen LogP contribution in [0.25, 0.3) is 0 Å². The third-order valence-corrected chi connectivity index (χ3v) is 3.95. The molecule has 5 heteroatoms. The molecule has 1 aliphatic rings. The number of aliphatic hydroxyl groups excluding tert-OH is 1. The number of benzene rings is 1. The number of rotatable bonds is 4. The third kappa shape index (κ3) is 2.10. The van der Waals surface area contributed by atoms with Gasteiger partial charge in [-0.3, -0.25) is 9.48 Å². The topological polar surface area (TPSA) is 75.3 Å². The van der Waals surface area contributed by atoms with Gasteiger partial charge in [0.05, 0.1) is 18.8 Å². The lowest BCUT2D eigenvalue weighted by molar-refractivity contribution is -0.152. The van der Waals surface area contributed by atoms with Crippen molar-refractivity contribution in [2.45, 2.75) is 30.9 Å². The number of hydrogen-bond donors (Lipinski definition) is 2. The molecule has 1 aliphatic carbocycles. The summed E-state index contributed by atoms with van der Waals surface area (Å²) in [4.78, 5) is 11.5. The van der Waals surface area contributed by atoms with E-state index in [2.05, 4.69) is 5.10 Å². The molecule has 0 bridgehead atoms. The van der Waals surface area contributed by atoms with Crippen molar-refractivity contribution in [1.29, 1.82) is 0 Å². The summed E-state index contributed by atoms with van der Waals surface area (Å²) in [6.45, 7) is 0.610. The molecule has 1 saturated carbocycles. The van der Waals surface area contributed by atoms with E-state index in [1.807, 2.05) is 30.3 Å². The average Bonchev–Trinajstić information content (AvgIpc) is 2.84. The second-order valence-electron chi connectivity index (χ2n) is 5.36. The molecule has 3 rings (SSSR count). The predicted molar refractivity (Wildman–Crippen MR) is 72.3 cm³/mol. The number of carboxylic acids is 1. The molecular weight excluding hydrogens is 256 g/mol. The first-order valence-corrected chi connectivity index (χ1v) is 6.58. The van der Waals surface area contributed by atoms with Crippen molar-refractivity contribution in [2.24, 2.45) is 0 Å². The van der Waals surface area contributed by atoms with E-state index in [0.717, 1.165) is 5.56 Å². The van der Waals surface area contributed by atoms with Gasteiger partial charge < -0.3 is 10.2 Å². The van der Waals surface area contributed by atoms with Gasteiger partial charge in [-0.15, -0.1) is 0 Å². The summed E-state index contributed by atoms with van der Waals surface area (Å²) in [6, 6.07) is 9.87. The van der Waals surface area contributed by atoms with Crippen LogP contribution in [0.5, 0.6) is 0 Å². The fraction of sp³-hybridized carbons (Fsp3) is 0.333. The second-order valence-corrected chi connectivity index (χ2v) is 5.36. The van der Waals surface area contributed by atoms with Crippen LogP contribution in [0.2, 0.25) is 0 Å². The van der Waals surface area contributed by atoms with Crippen molar-refractivity contribution in [3.05, 3.63) is 53.9 Å². The second kappa shape index (κ2) is 4.76. The molecule has 0 unspecified atom stereocenters. The summed E-state index contributed by atoms with van der Waals surface area (Å²) in [6.07, 6.45) is 3.37. The van der Waals surface area contributed by atoms with Crippen molar-refractivity contribution in [1.82, 2.24) is 9.78 Å². The molecule has 104 valence electrons. The van der Waals surface area contributed by atoms with Crippen LogP contribution in [0.3, 0.4) is 0 Å². The Labute approximate surface area is 116 Å². The number of nitrogens with zero attached hydrogens (tertiary/aromatic N) is 2. The first-order valence-electron chi connectivity index (χ1n) is 6.58. The number of aliphatic hydroxyl groups is 1. The van der Waals surface area contributed by atoms with Crippen LogP contribution in [-0.2, 0) is 16.8 Å². The van der Waals surface area contributed by atoms with Crippen molar-refractivity contribution in [2.75, 3.05) is 0 Å². The summed E-state index contributed by atoms with van der Waals surface area (Å²) < 4.78 is 1.74. The first kappa shape index (κ1) is 12.9. The summed E-state index contributed by atoms with van der Waals surface area (Å²) >= 11 is 0. The molecule has 1 heterocycles. The molecule has 0 saturated heterocycles. The fourth-order valence-corrected chi connectivity index (χ4v) is 2.75. The van der Waals surface area contributed by atoms with Crippen LogP contribution in [0.4, 0.5) is 0 Å². The highest BCUT2D eigenvalue weighted by atomic mass is 16.4. The van der Waals surface area contributed by atoms with Gasteiger partial charge in [-0.2, -0.15) is 5.10 Å². The van der Waals surface area contributed by atoms with Crippen LogP contribution >= 0.6 is 0 Å². The Morgan fingerprint density at radius 1 is 1.35 bits per heavy atom. The molecule has 1 aromatic heterocycles. The summed E-state index contributed by atoms with van der Waals surface area (Å²) in [7, 11) is 0. The zero-order valence-corrected chi connectivity index (χ0v) is 10.9. The van der Waals surface area contributed by atoms with E-state index in [1.165, 1.54) is 0 Å². The Balaban J connectivity index is 1.82. The zero-order valence-electron chi connectivity index (χ0n) is 10.9. The van der Waals surface area contributed by atoms with Crippen LogP contribution < -0.4 is 0 Å². The van der Waals surface area contributed by atoms with Gasteiger partial charge in [0.2, 0.25) is 0 Å². The van der Waals surface area contributed by atoms with E-state index < -0.39 is 17.5 Å². The molecule has 1 fully saturated rings. The molecule has 20 heavy (non-hydrogen) atoms. The van der Waals surface area contributed by atoms with Gasteiger partial charge in [0, 0.05) is 11.8 Å². The van der Waals surface area contributed by atoms with Crippen molar-refractivity contribution < 1.29 is 15.0 Å². The molecule has 1 aromatic carbocycles. The molecule has 0 radical (unpaired) electrons. The van der Waals surface area contributed by atoms with E-state index in [0.29, 0.717) is 12.1 Å². The lowest BCUT2D eigenvalue weighted by Crippen LogP contribution is -2.50. The van der Waals surface area contributed by atoms with Gasteiger partial charge >= 0.3 is 5.97 Å². The molecule has 5 nitrogen and oxygen atoms in total. The minimum Gasteiger partial charge on any atom is -0.481 e. The smallest absolute Gasteiger partial charge is 0.314 e. The van der Waals surface area contributed by atoms with E-state index in [9.17, 15) is 15.0 Å². The van der Waals surface area contributed by atoms with E-state index in [-0.39, 0.29) is 12.8 Å². The highest BCUT2D eigenvalue weighted by Crippen LogP contribution is 2.44. The summed E-state index contributed by atoms with van der Waals surface area (Å²) in [5.41, 5.74) is 0.820.